The fourth-order valence-electron chi connectivity index (χ4n) is 0.231. The maximum atomic E-state index is 10.1. The third-order valence-corrected chi connectivity index (χ3v) is 2.63. The van der Waals surface area contributed by atoms with Gasteiger partial charge in [0, 0.05) is 5.66 Å². The Morgan fingerprint density at radius 1 is 1.88 bits per heavy atom. The van der Waals surface area contributed by atoms with Crippen LogP contribution in [0.4, 0.5) is 0 Å². The van der Waals surface area contributed by atoms with Crippen LogP contribution in [0.2, 0.25) is 0 Å². The number of hydrogen-bond donors (Lipinski definition) is 1. The smallest absolute Gasteiger partial charge is 0.135 e. The van der Waals surface area contributed by atoms with Gasteiger partial charge in [0.25, 0.3) is 0 Å². The molecule has 1 N–H and O–H groups in total. The largest absolute Gasteiger partial charge is 0.778 e. The molecule has 0 aliphatic rings. The van der Waals surface area contributed by atoms with E-state index in [-0.39, 0.29) is 0 Å². The molecular weight excluding hydrogens is 127 g/mol. The molecule has 0 rings (SSSR count). The molecule has 0 aliphatic heterocycles. The van der Waals surface area contributed by atoms with E-state index in [2.05, 4.69) is 0 Å². The summed E-state index contributed by atoms with van der Waals surface area (Å²) in [4.78, 5) is 18.4. The van der Waals surface area contributed by atoms with E-state index in [9.17, 15) is 9.46 Å². The van der Waals surface area contributed by atoms with E-state index in [4.69, 9.17) is 4.89 Å². The van der Waals surface area contributed by atoms with E-state index < -0.39 is 13.3 Å². The highest BCUT2D eigenvalue weighted by atomic mass is 31.2. The highest BCUT2D eigenvalue weighted by molar-refractivity contribution is 7.51. The van der Waals surface area contributed by atoms with Crippen LogP contribution >= 0.6 is 7.60 Å². The van der Waals surface area contributed by atoms with Crippen molar-refractivity contribution in [1.82, 2.24) is 0 Å². The van der Waals surface area contributed by atoms with Gasteiger partial charge in [0.05, 0.1) is 0 Å². The molecule has 0 bridgehead atoms. The molecular formula is C4H10O3P-. The van der Waals surface area contributed by atoms with Gasteiger partial charge >= 0.3 is 0 Å². The fourth-order valence-corrected chi connectivity index (χ4v) is 0.692. The van der Waals surface area contributed by atoms with Crippen molar-refractivity contribution < 1.29 is 14.4 Å². The third kappa shape index (κ3) is 2.46. The third-order valence-electron chi connectivity index (χ3n) is 1.15. The lowest BCUT2D eigenvalue weighted by molar-refractivity contribution is -0.195. The van der Waals surface area contributed by atoms with Gasteiger partial charge in [-0.2, -0.15) is 0 Å². The standard InChI is InChI=1S/C4H11O3P/c1-3-4(2)8(5,6)7/h4H,3H2,1-2H3,(H2,5,6,7)/p-1. The average molecular weight is 137 g/mol. The fraction of sp³-hybridized carbons (Fsp3) is 1.00. The molecule has 0 aromatic rings. The van der Waals surface area contributed by atoms with Crippen molar-refractivity contribution in [2.75, 3.05) is 0 Å². The molecule has 0 radical (unpaired) electrons. The molecule has 0 amide bonds. The Hall–Kier alpha value is 0.150. The number of hydrogen-bond acceptors (Lipinski definition) is 2. The summed E-state index contributed by atoms with van der Waals surface area (Å²) in [5.41, 5.74) is -0.595. The minimum Gasteiger partial charge on any atom is -0.778 e. The van der Waals surface area contributed by atoms with Crippen LogP contribution in [0.3, 0.4) is 0 Å². The van der Waals surface area contributed by atoms with Crippen LogP contribution in [0.5, 0.6) is 0 Å². The first kappa shape index (κ1) is 8.15. The zero-order valence-electron chi connectivity index (χ0n) is 5.00. The van der Waals surface area contributed by atoms with Crippen molar-refractivity contribution in [3.63, 3.8) is 0 Å². The second-order valence-corrected chi connectivity index (χ2v) is 3.83. The zero-order chi connectivity index (χ0) is 6.78. The Balaban J connectivity index is 3.82. The molecule has 0 spiro atoms. The molecule has 0 aromatic carbocycles. The lowest BCUT2D eigenvalue weighted by atomic mass is 10.4. The summed E-state index contributed by atoms with van der Waals surface area (Å²) >= 11 is 0. The molecule has 0 saturated heterocycles. The summed E-state index contributed by atoms with van der Waals surface area (Å²) in [5, 5.41) is 0. The molecule has 0 fully saturated rings. The predicted molar refractivity (Wildman–Crippen MR) is 29.6 cm³/mol. The van der Waals surface area contributed by atoms with Crippen LogP contribution < -0.4 is 4.89 Å². The quantitative estimate of drug-likeness (QED) is 0.558. The van der Waals surface area contributed by atoms with Gasteiger partial charge in [0.2, 0.25) is 0 Å². The second kappa shape index (κ2) is 2.62. The van der Waals surface area contributed by atoms with Gasteiger partial charge in [0.15, 0.2) is 0 Å². The van der Waals surface area contributed by atoms with E-state index in [1.807, 2.05) is 0 Å². The van der Waals surface area contributed by atoms with Crippen LogP contribution in [0, 0.1) is 0 Å². The van der Waals surface area contributed by atoms with Crippen LogP contribution in [0.25, 0.3) is 0 Å². The van der Waals surface area contributed by atoms with Crippen LogP contribution in [-0.2, 0) is 4.57 Å². The van der Waals surface area contributed by atoms with E-state index in [0.717, 1.165) is 0 Å². The average Bonchev–Trinajstić information content (AvgIpc) is 1.62. The first-order valence-corrected chi connectivity index (χ1v) is 4.16. The van der Waals surface area contributed by atoms with Crippen molar-refractivity contribution in [3.05, 3.63) is 0 Å². The Morgan fingerprint density at radius 2 is 2.25 bits per heavy atom. The first-order valence-electron chi connectivity index (χ1n) is 2.52. The topological polar surface area (TPSA) is 60.4 Å². The van der Waals surface area contributed by atoms with Crippen LogP contribution in [0.15, 0.2) is 0 Å². The van der Waals surface area contributed by atoms with Gasteiger partial charge in [-0.25, -0.2) is 0 Å². The second-order valence-electron chi connectivity index (χ2n) is 1.82. The monoisotopic (exact) mass is 137 g/mol. The van der Waals surface area contributed by atoms with Gasteiger partial charge in [-0.3, -0.25) is 0 Å². The Morgan fingerprint density at radius 3 is 2.25 bits per heavy atom. The molecule has 0 heterocycles. The van der Waals surface area contributed by atoms with E-state index in [1.165, 1.54) is 6.92 Å². The van der Waals surface area contributed by atoms with Crippen molar-refractivity contribution in [1.29, 1.82) is 0 Å². The zero-order valence-corrected chi connectivity index (χ0v) is 5.89. The summed E-state index contributed by atoms with van der Waals surface area (Å²) < 4.78 is 10.1. The molecule has 4 heteroatoms. The van der Waals surface area contributed by atoms with Crippen molar-refractivity contribution in [3.8, 4) is 0 Å². The molecule has 50 valence electrons. The maximum Gasteiger partial charge on any atom is 0.135 e. The van der Waals surface area contributed by atoms with Crippen molar-refractivity contribution in [2.24, 2.45) is 0 Å². The minimum atomic E-state index is -4.01. The van der Waals surface area contributed by atoms with E-state index in [1.54, 1.807) is 6.92 Å². The predicted octanol–water partition coefficient (Wildman–Crippen LogP) is 0.331. The summed E-state index contributed by atoms with van der Waals surface area (Å²) in [5.74, 6) is 0. The van der Waals surface area contributed by atoms with Gasteiger partial charge in [0.1, 0.15) is 7.60 Å². The SMILES string of the molecule is CCC(C)P(=O)([O-])O. The van der Waals surface area contributed by atoms with Gasteiger partial charge in [-0.05, 0) is 6.42 Å². The molecule has 2 atom stereocenters. The molecule has 0 saturated carbocycles. The van der Waals surface area contributed by atoms with Crippen LogP contribution in [-0.4, -0.2) is 10.6 Å². The first-order chi connectivity index (χ1) is 3.48. The highest BCUT2D eigenvalue weighted by Gasteiger charge is 2.10. The van der Waals surface area contributed by atoms with Gasteiger partial charge in [-0.15, -0.1) is 0 Å². The van der Waals surface area contributed by atoms with E-state index in [0.29, 0.717) is 6.42 Å². The van der Waals surface area contributed by atoms with Crippen molar-refractivity contribution in [2.45, 2.75) is 25.9 Å². The van der Waals surface area contributed by atoms with Crippen LogP contribution in [0.1, 0.15) is 20.3 Å². The van der Waals surface area contributed by atoms with Gasteiger partial charge < -0.3 is 14.4 Å². The molecule has 2 unspecified atom stereocenters. The highest BCUT2D eigenvalue weighted by Crippen LogP contribution is 2.37. The summed E-state index contributed by atoms with van der Waals surface area (Å²) in [6.45, 7) is 3.19. The lowest BCUT2D eigenvalue weighted by Crippen LogP contribution is -2.11. The summed E-state index contributed by atoms with van der Waals surface area (Å²) in [7, 11) is -4.01. The van der Waals surface area contributed by atoms with Crippen molar-refractivity contribution >= 4 is 7.60 Å². The summed E-state index contributed by atoms with van der Waals surface area (Å²) in [6.07, 6.45) is 0.470. The summed E-state index contributed by atoms with van der Waals surface area (Å²) in [6, 6.07) is 0. The normalized spacial score (nSPS) is 22.0. The maximum absolute atomic E-state index is 10.1. The number of rotatable bonds is 2. The minimum absolute atomic E-state index is 0.470. The Kier molecular flexibility index (Phi) is 2.67. The molecule has 0 aromatic heterocycles. The molecule has 8 heavy (non-hydrogen) atoms. The lowest BCUT2D eigenvalue weighted by Gasteiger charge is -2.21. The molecule has 3 nitrogen and oxygen atoms in total. The Labute approximate surface area is 48.9 Å². The van der Waals surface area contributed by atoms with Gasteiger partial charge in [-0.1, -0.05) is 13.8 Å². The Bertz CT molecular complexity index is 106. The van der Waals surface area contributed by atoms with E-state index >= 15 is 0 Å². The molecule has 0 aliphatic carbocycles.